The largest absolute Gasteiger partial charge is 0.464 e. The Morgan fingerprint density at radius 1 is 1.12 bits per heavy atom. The summed E-state index contributed by atoms with van der Waals surface area (Å²) in [6.07, 6.45) is 2.73. The number of carbonyl (C=O) groups is 1. The number of benzene rings is 1. The van der Waals surface area contributed by atoms with Gasteiger partial charge in [0.25, 0.3) is 11.5 Å². The van der Waals surface area contributed by atoms with Gasteiger partial charge in [-0.25, -0.2) is 0 Å². The van der Waals surface area contributed by atoms with E-state index < -0.39 is 0 Å². The summed E-state index contributed by atoms with van der Waals surface area (Å²) in [4.78, 5) is 33.8. The van der Waals surface area contributed by atoms with Gasteiger partial charge < -0.3 is 18.6 Å². The molecule has 1 fully saturated rings. The first-order valence-electron chi connectivity index (χ1n) is 11.4. The van der Waals surface area contributed by atoms with Gasteiger partial charge in [-0.15, -0.1) is 0 Å². The van der Waals surface area contributed by atoms with E-state index >= 15 is 0 Å². The minimum absolute atomic E-state index is 0.0145. The molecule has 5 rings (SSSR count). The second-order valence-corrected chi connectivity index (χ2v) is 8.58. The molecule has 0 N–H and O–H groups in total. The van der Waals surface area contributed by atoms with Gasteiger partial charge in [-0.3, -0.25) is 14.5 Å². The quantitative estimate of drug-likeness (QED) is 0.611. The third-order valence-electron chi connectivity index (χ3n) is 6.40. The molecule has 172 valence electrons. The molecular weight excluding hydrogens is 420 g/mol. The van der Waals surface area contributed by atoms with Crippen LogP contribution < -0.4 is 5.56 Å². The van der Waals surface area contributed by atoms with E-state index in [0.29, 0.717) is 48.6 Å². The number of hydrogen-bond donors (Lipinski definition) is 0. The predicted molar refractivity (Wildman–Crippen MR) is 125 cm³/mol. The highest BCUT2D eigenvalue weighted by atomic mass is 16.5. The van der Waals surface area contributed by atoms with E-state index in [4.69, 9.17) is 9.15 Å². The molecule has 1 saturated heterocycles. The molecule has 8 nitrogen and oxygen atoms in total. The maximum Gasteiger partial charge on any atom is 0.280 e. The van der Waals surface area contributed by atoms with Crippen molar-refractivity contribution in [2.24, 2.45) is 0 Å². The molecule has 2 aliphatic heterocycles. The van der Waals surface area contributed by atoms with E-state index in [0.717, 1.165) is 43.3 Å². The number of furan rings is 1. The van der Waals surface area contributed by atoms with Gasteiger partial charge in [-0.2, -0.15) is 4.98 Å². The Balaban J connectivity index is 1.34. The van der Waals surface area contributed by atoms with Crippen LogP contribution in [0.15, 0.2) is 45.6 Å². The highest BCUT2D eigenvalue weighted by Gasteiger charge is 2.25. The third-order valence-corrected chi connectivity index (χ3v) is 6.40. The van der Waals surface area contributed by atoms with E-state index in [2.05, 4.69) is 16.0 Å². The predicted octanol–water partition coefficient (Wildman–Crippen LogP) is 2.83. The zero-order valence-electron chi connectivity index (χ0n) is 19.0. The minimum Gasteiger partial charge on any atom is -0.464 e. The number of aryl methyl sites for hydroxylation is 2. The smallest absolute Gasteiger partial charge is 0.280 e. The Morgan fingerprint density at radius 2 is 1.91 bits per heavy atom. The van der Waals surface area contributed by atoms with Crippen LogP contribution in [-0.2, 0) is 11.3 Å². The van der Waals surface area contributed by atoms with Gasteiger partial charge in [0.2, 0.25) is 0 Å². The van der Waals surface area contributed by atoms with Crippen molar-refractivity contribution in [3.63, 3.8) is 0 Å². The lowest BCUT2D eigenvalue weighted by Gasteiger charge is -2.28. The number of ether oxygens (including phenoxy) is 1. The number of carbonyl (C=O) groups excluding carboxylic acids is 1. The van der Waals surface area contributed by atoms with Gasteiger partial charge in [0.15, 0.2) is 0 Å². The summed E-state index contributed by atoms with van der Waals surface area (Å²) in [7, 11) is 0. The zero-order valence-corrected chi connectivity index (χ0v) is 19.0. The van der Waals surface area contributed by atoms with Gasteiger partial charge in [0.1, 0.15) is 17.3 Å². The molecule has 0 spiro atoms. The lowest BCUT2D eigenvalue weighted by Crippen LogP contribution is -2.36. The topological polar surface area (TPSA) is 80.8 Å². The van der Waals surface area contributed by atoms with E-state index in [9.17, 15) is 9.59 Å². The van der Waals surface area contributed by atoms with Crippen LogP contribution in [-0.4, -0.2) is 64.7 Å². The van der Waals surface area contributed by atoms with Crippen LogP contribution in [0.4, 0.5) is 0 Å². The number of nitrogens with zero attached hydrogens (tertiary/aromatic N) is 4. The van der Waals surface area contributed by atoms with E-state index in [1.54, 1.807) is 6.07 Å². The normalized spacial score (nSPS) is 17.4. The fourth-order valence-electron chi connectivity index (χ4n) is 4.67. The summed E-state index contributed by atoms with van der Waals surface area (Å²) in [5.74, 6) is 2.11. The van der Waals surface area contributed by atoms with Gasteiger partial charge >= 0.3 is 0 Å². The van der Waals surface area contributed by atoms with Crippen molar-refractivity contribution in [3.05, 3.63) is 69.7 Å². The Hall–Kier alpha value is -3.23. The number of morpholine rings is 1. The van der Waals surface area contributed by atoms with E-state index in [1.807, 2.05) is 47.6 Å². The first-order chi connectivity index (χ1) is 16.0. The average molecular weight is 449 g/mol. The van der Waals surface area contributed by atoms with Gasteiger partial charge in [0.05, 0.1) is 36.2 Å². The summed E-state index contributed by atoms with van der Waals surface area (Å²) in [6.45, 7) is 8.67. The molecule has 33 heavy (non-hydrogen) atoms. The Kier molecular flexibility index (Phi) is 5.86. The molecule has 0 saturated carbocycles. The summed E-state index contributed by atoms with van der Waals surface area (Å²) in [5.41, 5.74) is 2.31. The average Bonchev–Trinajstić information content (AvgIpc) is 3.19. The fourth-order valence-corrected chi connectivity index (χ4v) is 4.67. The maximum atomic E-state index is 13.2. The van der Waals surface area contributed by atoms with E-state index in [1.165, 1.54) is 0 Å². The molecule has 2 aliphatic rings. The van der Waals surface area contributed by atoms with Crippen molar-refractivity contribution in [2.75, 3.05) is 39.4 Å². The second kappa shape index (κ2) is 8.96. The van der Waals surface area contributed by atoms with Crippen LogP contribution in [0.3, 0.4) is 0 Å². The standard InChI is InChI=1S/C25H28N4O4/c1-17-22(15-20(33-17)16-27-11-13-32-14-12-27)25(31)28-9-7-19(8-10-28)29-18(2)26-24(30)21-5-3-4-6-23(21)29/h3-7,15H,8-14,16H2,1-2H3. The van der Waals surface area contributed by atoms with E-state index in [-0.39, 0.29) is 11.5 Å². The lowest BCUT2D eigenvalue weighted by atomic mass is 10.1. The number of hydrogen-bond acceptors (Lipinski definition) is 6. The summed E-state index contributed by atoms with van der Waals surface area (Å²) in [6, 6.07) is 9.40. The van der Waals surface area contributed by atoms with Crippen molar-refractivity contribution in [3.8, 4) is 0 Å². The zero-order chi connectivity index (χ0) is 22.9. The van der Waals surface area contributed by atoms with Crippen LogP contribution >= 0.6 is 0 Å². The van der Waals surface area contributed by atoms with Gasteiger partial charge in [-0.05, 0) is 38.1 Å². The highest BCUT2D eigenvalue weighted by Crippen LogP contribution is 2.25. The van der Waals surface area contributed by atoms with Crippen molar-refractivity contribution in [1.82, 2.24) is 19.4 Å². The van der Waals surface area contributed by atoms with Gasteiger partial charge in [-0.1, -0.05) is 12.1 Å². The summed E-state index contributed by atoms with van der Waals surface area (Å²) in [5, 5.41) is 0.601. The Labute approximate surface area is 192 Å². The van der Waals surface area contributed by atoms with Crippen molar-refractivity contribution < 1.29 is 13.9 Å². The Bertz CT molecular complexity index is 1280. The molecular formula is C25H28N4O4. The number of rotatable bonds is 4. The first-order valence-corrected chi connectivity index (χ1v) is 11.4. The molecule has 3 aromatic rings. The number of para-hydroxylation sites is 1. The molecule has 0 atom stereocenters. The minimum atomic E-state index is -0.212. The highest BCUT2D eigenvalue weighted by molar-refractivity contribution is 5.95. The molecule has 2 aromatic heterocycles. The van der Waals surface area contributed by atoms with Gasteiger partial charge in [0, 0.05) is 38.3 Å². The molecule has 1 amide bonds. The van der Waals surface area contributed by atoms with Crippen molar-refractivity contribution in [1.29, 1.82) is 0 Å². The molecule has 4 heterocycles. The SMILES string of the molecule is Cc1oc(CN2CCOCC2)cc1C(=O)N1CC=C(n2c(C)nc(=O)c3ccccc32)CC1. The Morgan fingerprint density at radius 3 is 2.67 bits per heavy atom. The molecule has 0 aliphatic carbocycles. The summed E-state index contributed by atoms with van der Waals surface area (Å²) >= 11 is 0. The van der Waals surface area contributed by atoms with Crippen LogP contribution in [0.1, 0.15) is 34.1 Å². The number of aromatic nitrogens is 2. The molecule has 0 bridgehead atoms. The van der Waals surface area contributed by atoms with Crippen LogP contribution in [0.5, 0.6) is 0 Å². The second-order valence-electron chi connectivity index (χ2n) is 8.58. The molecule has 0 unspecified atom stereocenters. The fraction of sp³-hybridized carbons (Fsp3) is 0.400. The van der Waals surface area contributed by atoms with Crippen molar-refractivity contribution >= 4 is 22.5 Å². The molecule has 0 radical (unpaired) electrons. The number of fused-ring (bicyclic) bond motifs is 1. The maximum absolute atomic E-state index is 13.2. The monoisotopic (exact) mass is 448 g/mol. The first kappa shape index (κ1) is 21.6. The lowest BCUT2D eigenvalue weighted by molar-refractivity contribution is 0.0312. The van der Waals surface area contributed by atoms with Crippen LogP contribution in [0.25, 0.3) is 16.6 Å². The van der Waals surface area contributed by atoms with Crippen LogP contribution in [0.2, 0.25) is 0 Å². The van der Waals surface area contributed by atoms with Crippen LogP contribution in [0, 0.1) is 13.8 Å². The molecule has 1 aromatic carbocycles. The number of amides is 1. The molecule has 8 heteroatoms. The summed E-state index contributed by atoms with van der Waals surface area (Å²) < 4.78 is 13.3. The third kappa shape index (κ3) is 4.24. The van der Waals surface area contributed by atoms with Crippen molar-refractivity contribution in [2.45, 2.75) is 26.8 Å².